The summed E-state index contributed by atoms with van der Waals surface area (Å²) in [5.41, 5.74) is 5.87. The fraction of sp³-hybridized carbons (Fsp3) is 0.600. The van der Waals surface area contributed by atoms with E-state index in [0.29, 0.717) is 18.9 Å². The second kappa shape index (κ2) is 6.70. The van der Waals surface area contributed by atoms with E-state index in [1.807, 2.05) is 11.8 Å². The summed E-state index contributed by atoms with van der Waals surface area (Å²) in [6.45, 7) is 4.01. The zero-order valence-electron chi connectivity index (χ0n) is 12.0. The van der Waals surface area contributed by atoms with Gasteiger partial charge in [0.1, 0.15) is 0 Å². The van der Waals surface area contributed by atoms with Crippen molar-refractivity contribution in [3.8, 4) is 0 Å². The number of nitrogens with zero attached hydrogens (tertiary/aromatic N) is 2. The van der Waals surface area contributed by atoms with E-state index in [4.69, 9.17) is 5.73 Å². The van der Waals surface area contributed by atoms with Gasteiger partial charge in [-0.25, -0.2) is 0 Å². The van der Waals surface area contributed by atoms with Gasteiger partial charge in [0.15, 0.2) is 0 Å². The molecule has 0 aromatic carbocycles. The maximum atomic E-state index is 12.2. The van der Waals surface area contributed by atoms with Gasteiger partial charge in [0.25, 0.3) is 5.56 Å². The van der Waals surface area contributed by atoms with E-state index in [0.717, 1.165) is 25.9 Å². The van der Waals surface area contributed by atoms with Gasteiger partial charge < -0.3 is 15.2 Å². The average molecular weight is 277 g/mol. The lowest BCUT2D eigenvalue weighted by Crippen LogP contribution is -2.45. The number of nitrogens with two attached hydrogens (primary N) is 1. The Morgan fingerprint density at radius 1 is 1.50 bits per heavy atom. The van der Waals surface area contributed by atoms with Gasteiger partial charge in [-0.2, -0.15) is 0 Å². The van der Waals surface area contributed by atoms with Crippen LogP contribution < -0.4 is 11.3 Å². The average Bonchev–Trinajstić information content (AvgIpc) is 2.46. The molecule has 2 atom stereocenters. The molecule has 0 spiro atoms. The highest BCUT2D eigenvalue weighted by molar-refractivity contribution is 5.76. The van der Waals surface area contributed by atoms with Gasteiger partial charge in [-0.1, -0.05) is 6.07 Å². The van der Waals surface area contributed by atoms with Crippen LogP contribution >= 0.6 is 0 Å². The summed E-state index contributed by atoms with van der Waals surface area (Å²) in [5.74, 6) is 0.512. The summed E-state index contributed by atoms with van der Waals surface area (Å²) in [6, 6.07) is 5.15. The Morgan fingerprint density at radius 2 is 2.30 bits per heavy atom. The highest BCUT2D eigenvalue weighted by Crippen LogP contribution is 2.19. The standard InChI is InChI=1S/C15H23N3O2/c1-12(16)13-5-4-9-18(11-13)15(20)7-10-17-8-3-2-6-14(17)19/h2-3,6,8,12-13H,4-5,7,9-11,16H2,1H3. The van der Waals surface area contributed by atoms with Crippen molar-refractivity contribution in [1.82, 2.24) is 9.47 Å². The lowest BCUT2D eigenvalue weighted by Gasteiger charge is -2.34. The Hall–Kier alpha value is -1.62. The lowest BCUT2D eigenvalue weighted by molar-refractivity contribution is -0.133. The third kappa shape index (κ3) is 3.70. The number of likely N-dealkylation sites (tertiary alicyclic amines) is 1. The number of carbonyl (C=O) groups excluding carboxylic acids is 1. The predicted molar refractivity (Wildman–Crippen MR) is 78.3 cm³/mol. The minimum Gasteiger partial charge on any atom is -0.342 e. The van der Waals surface area contributed by atoms with Gasteiger partial charge in [0.2, 0.25) is 5.91 Å². The normalized spacial score (nSPS) is 20.7. The molecule has 1 aliphatic rings. The van der Waals surface area contributed by atoms with Crippen molar-refractivity contribution in [2.24, 2.45) is 11.7 Å². The Bertz CT molecular complexity index is 510. The van der Waals surface area contributed by atoms with Crippen molar-refractivity contribution in [2.45, 2.75) is 38.8 Å². The van der Waals surface area contributed by atoms with Crippen LogP contribution in [0, 0.1) is 5.92 Å². The van der Waals surface area contributed by atoms with Gasteiger partial charge in [0, 0.05) is 44.4 Å². The number of amides is 1. The molecule has 1 saturated heterocycles. The van der Waals surface area contributed by atoms with Crippen molar-refractivity contribution in [1.29, 1.82) is 0 Å². The first-order valence-electron chi connectivity index (χ1n) is 7.27. The molecule has 1 aromatic heterocycles. The Balaban J connectivity index is 1.89. The SMILES string of the molecule is CC(N)C1CCCN(C(=O)CCn2ccccc2=O)C1. The van der Waals surface area contributed by atoms with Gasteiger partial charge in [-0.05, 0) is 31.7 Å². The lowest BCUT2D eigenvalue weighted by atomic mass is 9.92. The zero-order valence-corrected chi connectivity index (χ0v) is 12.0. The van der Waals surface area contributed by atoms with Crippen molar-refractivity contribution in [2.75, 3.05) is 13.1 Å². The van der Waals surface area contributed by atoms with Crippen molar-refractivity contribution in [3.05, 3.63) is 34.7 Å². The maximum absolute atomic E-state index is 12.2. The van der Waals surface area contributed by atoms with E-state index in [1.54, 1.807) is 22.9 Å². The Kier molecular flexibility index (Phi) is 4.95. The first-order valence-corrected chi connectivity index (χ1v) is 7.27. The van der Waals surface area contributed by atoms with Crippen LogP contribution in [0.4, 0.5) is 0 Å². The number of aryl methyl sites for hydroxylation is 1. The molecule has 2 unspecified atom stereocenters. The molecule has 1 fully saturated rings. The summed E-state index contributed by atoms with van der Waals surface area (Å²) in [6.07, 6.45) is 4.20. The molecular formula is C15H23N3O2. The Morgan fingerprint density at radius 3 is 3.00 bits per heavy atom. The fourth-order valence-corrected chi connectivity index (χ4v) is 2.69. The molecule has 1 aliphatic heterocycles. The summed E-state index contributed by atoms with van der Waals surface area (Å²) in [4.78, 5) is 25.7. The monoisotopic (exact) mass is 277 g/mol. The maximum Gasteiger partial charge on any atom is 0.250 e. The fourth-order valence-electron chi connectivity index (χ4n) is 2.69. The number of rotatable bonds is 4. The van der Waals surface area contributed by atoms with Gasteiger partial charge in [-0.15, -0.1) is 0 Å². The summed E-state index contributed by atoms with van der Waals surface area (Å²) < 4.78 is 1.57. The molecule has 0 saturated carbocycles. The van der Waals surface area contributed by atoms with Crippen molar-refractivity contribution in [3.63, 3.8) is 0 Å². The van der Waals surface area contributed by atoms with Crippen LogP contribution in [-0.4, -0.2) is 34.5 Å². The van der Waals surface area contributed by atoms with Gasteiger partial charge in [0.05, 0.1) is 0 Å². The van der Waals surface area contributed by atoms with Crippen LogP contribution in [0.3, 0.4) is 0 Å². The molecule has 0 bridgehead atoms. The number of piperidine rings is 1. The number of pyridine rings is 1. The third-order valence-corrected chi connectivity index (χ3v) is 4.02. The van der Waals surface area contributed by atoms with E-state index in [9.17, 15) is 9.59 Å². The summed E-state index contributed by atoms with van der Waals surface area (Å²) >= 11 is 0. The summed E-state index contributed by atoms with van der Waals surface area (Å²) in [5, 5.41) is 0. The second-order valence-corrected chi connectivity index (χ2v) is 5.58. The van der Waals surface area contributed by atoms with Crippen LogP contribution in [-0.2, 0) is 11.3 Å². The van der Waals surface area contributed by atoms with Crippen LogP contribution in [0.2, 0.25) is 0 Å². The molecule has 2 rings (SSSR count). The van der Waals surface area contributed by atoms with Crippen LogP contribution in [0.15, 0.2) is 29.2 Å². The first-order chi connectivity index (χ1) is 9.58. The van der Waals surface area contributed by atoms with E-state index >= 15 is 0 Å². The Labute approximate surface area is 119 Å². The third-order valence-electron chi connectivity index (χ3n) is 4.02. The van der Waals surface area contributed by atoms with Gasteiger partial charge in [-0.3, -0.25) is 9.59 Å². The highest BCUT2D eigenvalue weighted by Gasteiger charge is 2.25. The van der Waals surface area contributed by atoms with E-state index < -0.39 is 0 Å². The largest absolute Gasteiger partial charge is 0.342 e. The summed E-state index contributed by atoms with van der Waals surface area (Å²) in [7, 11) is 0. The number of aromatic nitrogens is 1. The molecule has 2 heterocycles. The van der Waals surface area contributed by atoms with Gasteiger partial charge >= 0.3 is 0 Å². The zero-order chi connectivity index (χ0) is 14.5. The molecule has 2 N–H and O–H groups in total. The van der Waals surface area contributed by atoms with Crippen molar-refractivity contribution >= 4 is 5.91 Å². The molecule has 0 radical (unpaired) electrons. The predicted octanol–water partition coefficient (Wildman–Crippen LogP) is 0.824. The molecule has 0 aliphatic carbocycles. The van der Waals surface area contributed by atoms with Crippen molar-refractivity contribution < 1.29 is 4.79 Å². The van der Waals surface area contributed by atoms with Crippen LogP contribution in [0.25, 0.3) is 0 Å². The number of hydrogen-bond donors (Lipinski definition) is 1. The topological polar surface area (TPSA) is 68.3 Å². The number of hydrogen-bond acceptors (Lipinski definition) is 3. The molecule has 1 amide bonds. The second-order valence-electron chi connectivity index (χ2n) is 5.58. The molecule has 5 nitrogen and oxygen atoms in total. The quantitative estimate of drug-likeness (QED) is 0.886. The minimum atomic E-state index is -0.0626. The molecular weight excluding hydrogens is 254 g/mol. The number of carbonyl (C=O) groups is 1. The smallest absolute Gasteiger partial charge is 0.250 e. The highest BCUT2D eigenvalue weighted by atomic mass is 16.2. The minimum absolute atomic E-state index is 0.0626. The molecule has 110 valence electrons. The van der Waals surface area contributed by atoms with E-state index in [2.05, 4.69) is 0 Å². The molecule has 5 heteroatoms. The molecule has 20 heavy (non-hydrogen) atoms. The van der Waals surface area contributed by atoms with E-state index in [1.165, 1.54) is 6.07 Å². The molecule has 1 aromatic rings. The first kappa shape index (κ1) is 14.8. The van der Waals surface area contributed by atoms with Crippen LogP contribution in [0.5, 0.6) is 0 Å². The van der Waals surface area contributed by atoms with E-state index in [-0.39, 0.29) is 17.5 Å². The van der Waals surface area contributed by atoms with Crippen LogP contribution in [0.1, 0.15) is 26.2 Å².